The molecule has 0 spiro atoms. The van der Waals surface area contributed by atoms with E-state index < -0.39 is 12.0 Å². The first-order valence-corrected chi connectivity index (χ1v) is 22.6. The first-order valence-electron chi connectivity index (χ1n) is 21.9. The van der Waals surface area contributed by atoms with Crippen LogP contribution < -0.4 is 29.6 Å². The number of benzene rings is 4. The first-order chi connectivity index (χ1) is 33.3. The van der Waals surface area contributed by atoms with Gasteiger partial charge in [0.25, 0.3) is 5.91 Å². The van der Waals surface area contributed by atoms with Crippen molar-refractivity contribution in [2.45, 2.75) is 56.0 Å². The van der Waals surface area contributed by atoms with E-state index in [0.29, 0.717) is 80.0 Å². The third-order valence-electron chi connectivity index (χ3n) is 10.4. The molecule has 0 radical (unpaired) electrons. The normalized spacial score (nSPS) is 12.1. The van der Waals surface area contributed by atoms with Gasteiger partial charge < -0.3 is 34.7 Å². The highest BCUT2D eigenvalue weighted by Gasteiger charge is 2.21. The van der Waals surface area contributed by atoms with Gasteiger partial charge in [-0.05, 0) is 96.5 Å². The number of pyridine rings is 2. The van der Waals surface area contributed by atoms with E-state index in [-0.39, 0.29) is 38.0 Å². The van der Waals surface area contributed by atoms with Crippen LogP contribution in [-0.2, 0) is 36.8 Å². The number of aliphatic carboxylic acids is 1. The van der Waals surface area contributed by atoms with Crippen molar-refractivity contribution in [2.24, 2.45) is 10.2 Å². The molecular formula is C50H50N6O11S. The van der Waals surface area contributed by atoms with Crippen molar-refractivity contribution in [1.82, 2.24) is 20.6 Å². The molecule has 68 heavy (non-hydrogen) atoms. The smallest absolute Gasteiger partial charge is 0.326 e. The molecule has 18 heteroatoms. The van der Waals surface area contributed by atoms with E-state index in [0.717, 1.165) is 50.4 Å². The van der Waals surface area contributed by atoms with Crippen molar-refractivity contribution in [3.63, 3.8) is 0 Å². The molecule has 4 aromatic carbocycles. The maximum atomic E-state index is 12.8. The first kappa shape index (κ1) is 48.6. The van der Waals surface area contributed by atoms with Gasteiger partial charge >= 0.3 is 5.97 Å². The van der Waals surface area contributed by atoms with Crippen molar-refractivity contribution in [3.8, 4) is 45.5 Å². The van der Waals surface area contributed by atoms with Crippen molar-refractivity contribution in [2.75, 3.05) is 33.7 Å². The van der Waals surface area contributed by atoms with E-state index in [2.05, 4.69) is 35.8 Å². The van der Waals surface area contributed by atoms with E-state index in [9.17, 15) is 19.5 Å². The van der Waals surface area contributed by atoms with Crippen LogP contribution in [0.3, 0.4) is 0 Å². The predicted molar refractivity (Wildman–Crippen MR) is 251 cm³/mol. The van der Waals surface area contributed by atoms with Crippen LogP contribution >= 0.6 is 12.0 Å². The van der Waals surface area contributed by atoms with Crippen molar-refractivity contribution >= 4 is 35.6 Å². The molecule has 17 nitrogen and oxygen atoms in total. The van der Waals surface area contributed by atoms with Gasteiger partial charge in [-0.25, -0.2) is 19.7 Å². The van der Waals surface area contributed by atoms with Crippen LogP contribution in [0.4, 0.5) is 5.82 Å². The number of aromatic nitrogens is 2. The maximum Gasteiger partial charge on any atom is 0.326 e. The highest BCUT2D eigenvalue weighted by atomic mass is 32.2. The van der Waals surface area contributed by atoms with Crippen molar-refractivity contribution in [3.05, 3.63) is 144 Å². The average Bonchev–Trinajstić information content (AvgIpc) is 3.84. The number of carbonyl (C=O) groups is 3. The standard InChI is InChI=1S/C50H50N6O11S/c1-61-66-67-68-45-14-8-7-13-37(45)32-53-56-46-23-19-38(31-52-46)49(58)51-24-10-26-62-40-20-16-34(17-21-40)27-42(50(59)60)54-47(57)15-6-3-9-25-63-48-30-39(28-41(55-48)35-11-4-2-5-12-35)36-18-22-43-44(29-36)65-33-64-43/h2,4-5,7-8,11-14,16-23,28-31,42H,3,6,9-10,15,24-27,32-33H2,1H3,(H,51,58)(H,54,57)(H,59,60). The molecule has 1 aliphatic heterocycles. The predicted octanol–water partition coefficient (Wildman–Crippen LogP) is 9.29. The van der Waals surface area contributed by atoms with Crippen LogP contribution in [-0.4, -0.2) is 72.6 Å². The highest BCUT2D eigenvalue weighted by Crippen LogP contribution is 2.37. The Kier molecular flexibility index (Phi) is 18.2. The molecule has 2 amide bonds. The minimum Gasteiger partial charge on any atom is -0.494 e. The van der Waals surface area contributed by atoms with Gasteiger partial charge in [0, 0.05) is 42.1 Å². The molecule has 7 rings (SSSR count). The number of fused-ring (bicyclic) bond motifs is 1. The third-order valence-corrected chi connectivity index (χ3v) is 11.1. The summed E-state index contributed by atoms with van der Waals surface area (Å²) >= 11 is 0.989. The zero-order chi connectivity index (χ0) is 47.3. The van der Waals surface area contributed by atoms with E-state index in [1.54, 1.807) is 36.4 Å². The van der Waals surface area contributed by atoms with Crippen LogP contribution in [0.15, 0.2) is 143 Å². The Morgan fingerprint density at radius 3 is 2.43 bits per heavy atom. The minimum absolute atomic E-state index is 0.110. The maximum absolute atomic E-state index is 12.8. The summed E-state index contributed by atoms with van der Waals surface area (Å²) in [6.07, 6.45) is 4.22. The summed E-state index contributed by atoms with van der Waals surface area (Å²) in [5, 5.41) is 28.2. The van der Waals surface area contributed by atoms with E-state index in [1.165, 1.54) is 13.3 Å². The Hall–Kier alpha value is -7.38. The number of amides is 2. The molecular weight excluding hydrogens is 893 g/mol. The summed E-state index contributed by atoms with van der Waals surface area (Å²) in [7, 11) is 1.34. The van der Waals surface area contributed by atoms with Crippen LogP contribution in [0.1, 0.15) is 53.6 Å². The molecule has 1 atom stereocenters. The molecule has 0 saturated carbocycles. The second kappa shape index (κ2) is 25.5. The number of carbonyl (C=O) groups excluding carboxylic acids is 2. The lowest BCUT2D eigenvalue weighted by atomic mass is 10.0. The topological polar surface area (TPSA) is 211 Å². The second-order valence-electron chi connectivity index (χ2n) is 15.2. The van der Waals surface area contributed by atoms with E-state index >= 15 is 0 Å². The highest BCUT2D eigenvalue weighted by molar-refractivity contribution is 7.94. The minimum atomic E-state index is -1.12. The van der Waals surface area contributed by atoms with Crippen LogP contribution in [0, 0.1) is 0 Å². The number of azo groups is 1. The molecule has 3 heterocycles. The molecule has 6 aromatic rings. The number of hydrogen-bond donors (Lipinski definition) is 3. The Bertz CT molecular complexity index is 2620. The molecule has 1 unspecified atom stereocenters. The number of unbranched alkanes of at least 4 members (excludes halogenated alkanes) is 2. The lowest BCUT2D eigenvalue weighted by Gasteiger charge is -2.15. The number of carboxylic acid groups (broad SMARTS) is 1. The zero-order valence-electron chi connectivity index (χ0n) is 37.2. The summed E-state index contributed by atoms with van der Waals surface area (Å²) in [6.45, 7) is 1.58. The van der Waals surface area contributed by atoms with Gasteiger partial charge in [-0.3, -0.25) is 9.59 Å². The van der Waals surface area contributed by atoms with Crippen molar-refractivity contribution < 1.29 is 52.7 Å². The zero-order valence-corrected chi connectivity index (χ0v) is 38.0. The quantitative estimate of drug-likeness (QED) is 0.0152. The number of nitrogens with one attached hydrogen (secondary N) is 2. The fourth-order valence-corrected chi connectivity index (χ4v) is 7.40. The van der Waals surface area contributed by atoms with Crippen molar-refractivity contribution in [1.29, 1.82) is 0 Å². The largest absolute Gasteiger partial charge is 0.494 e. The summed E-state index contributed by atoms with van der Waals surface area (Å²) < 4.78 is 27.9. The van der Waals surface area contributed by atoms with Gasteiger partial charge in [-0.15, -0.1) is 9.45 Å². The number of ether oxygens (including phenoxy) is 4. The summed E-state index contributed by atoms with van der Waals surface area (Å²) in [4.78, 5) is 51.7. The lowest BCUT2D eigenvalue weighted by molar-refractivity contribution is -0.447. The SMILES string of the molecule is COOOSc1ccccc1CN=Nc1ccc(C(=O)NCCCOc2ccc(CC(NC(=O)CCCCCOc3cc(-c4ccc5c(c4)OCO5)cc(-c4ccccc4)n3)C(=O)O)cc2)cn1. The van der Waals surface area contributed by atoms with Crippen LogP contribution in [0.25, 0.3) is 22.4 Å². The van der Waals surface area contributed by atoms with Crippen LogP contribution in [0.2, 0.25) is 0 Å². The number of rotatable bonds is 26. The Labute approximate surface area is 397 Å². The molecule has 0 saturated heterocycles. The molecule has 0 bridgehead atoms. The molecule has 1 aliphatic rings. The molecule has 2 aromatic heterocycles. The Morgan fingerprint density at radius 1 is 0.809 bits per heavy atom. The van der Waals surface area contributed by atoms with Gasteiger partial charge in [0.2, 0.25) is 18.6 Å². The fourth-order valence-electron chi connectivity index (χ4n) is 6.87. The van der Waals surface area contributed by atoms with Gasteiger partial charge in [-0.1, -0.05) is 71.8 Å². The van der Waals surface area contributed by atoms with E-state index in [4.69, 9.17) is 28.3 Å². The van der Waals surface area contributed by atoms with Gasteiger partial charge in [0.15, 0.2) is 17.3 Å². The number of nitrogens with zero attached hydrogens (tertiary/aromatic N) is 4. The fraction of sp³-hybridized carbons (Fsp3) is 0.260. The summed E-state index contributed by atoms with van der Waals surface area (Å²) in [5.74, 6) is 1.09. The number of carboxylic acids is 1. The summed E-state index contributed by atoms with van der Waals surface area (Å²) in [5.41, 5.74) is 5.57. The average molecular weight is 943 g/mol. The van der Waals surface area contributed by atoms with Gasteiger partial charge in [-0.2, -0.15) is 5.11 Å². The molecule has 352 valence electrons. The summed E-state index contributed by atoms with van der Waals surface area (Å²) in [6, 6.07) is 36.2. The van der Waals surface area contributed by atoms with Gasteiger partial charge in [0.1, 0.15) is 11.8 Å². The molecule has 0 fully saturated rings. The monoisotopic (exact) mass is 942 g/mol. The molecule has 3 N–H and O–H groups in total. The van der Waals surface area contributed by atoms with E-state index in [1.807, 2.05) is 84.9 Å². The number of hydrogen-bond acceptors (Lipinski definition) is 15. The Morgan fingerprint density at radius 2 is 1.62 bits per heavy atom. The molecule has 0 aliphatic carbocycles. The van der Waals surface area contributed by atoms with Gasteiger partial charge in [0.05, 0.1) is 50.2 Å². The Balaban J connectivity index is 0.774. The second-order valence-corrected chi connectivity index (χ2v) is 16.0. The third kappa shape index (κ3) is 14.8. The lowest BCUT2D eigenvalue weighted by Crippen LogP contribution is -2.42. The van der Waals surface area contributed by atoms with Crippen LogP contribution in [0.5, 0.6) is 23.1 Å².